The topological polar surface area (TPSA) is 62.5 Å². The normalized spacial score (nSPS) is 12.6. The third kappa shape index (κ3) is 4.99. The van der Waals surface area contributed by atoms with E-state index in [-0.39, 0.29) is 5.41 Å². The van der Waals surface area contributed by atoms with Crippen molar-refractivity contribution in [3.63, 3.8) is 0 Å². The van der Waals surface area contributed by atoms with Gasteiger partial charge in [0.2, 0.25) is 0 Å². The molecule has 0 amide bonds. The lowest BCUT2D eigenvalue weighted by atomic mass is 9.79. The van der Waals surface area contributed by atoms with Gasteiger partial charge in [-0.1, -0.05) is 98.8 Å². The predicted molar refractivity (Wildman–Crippen MR) is 189 cm³/mol. The third-order valence-corrected chi connectivity index (χ3v) is 9.20. The first-order valence-corrected chi connectivity index (χ1v) is 15.7. The number of benzene rings is 5. The van der Waals surface area contributed by atoms with Crippen LogP contribution in [0.25, 0.3) is 67.3 Å². The van der Waals surface area contributed by atoms with Gasteiger partial charge in [0.1, 0.15) is 0 Å². The fourth-order valence-electron chi connectivity index (χ4n) is 6.88. The molecular formula is C43H30N4. The summed E-state index contributed by atoms with van der Waals surface area (Å²) in [6.07, 6.45) is 3.66. The van der Waals surface area contributed by atoms with Crippen LogP contribution in [0, 0.1) is 11.3 Å². The number of nitrogens with zero attached hydrogens (tertiary/aromatic N) is 4. The standard InChI is InChI=1S/C43H30N4/c1-43(2)38-25-31(16-17-36(38)37-15-9-14-32(27-44)41(37)43)34-22-33(28-18-20-45-21-19-28)23-35(24-34)40-26-39(29-10-5-3-6-11-29)46-42(47-40)30-12-7-4-8-13-30/h3-26H,1-2H3. The van der Waals surface area contributed by atoms with Crippen molar-refractivity contribution in [2.24, 2.45) is 0 Å². The van der Waals surface area contributed by atoms with Crippen molar-refractivity contribution in [2.45, 2.75) is 19.3 Å². The van der Waals surface area contributed by atoms with E-state index in [4.69, 9.17) is 9.97 Å². The molecule has 47 heavy (non-hydrogen) atoms. The minimum absolute atomic E-state index is 0.305. The zero-order valence-electron chi connectivity index (χ0n) is 26.1. The highest BCUT2D eigenvalue weighted by Crippen LogP contribution is 2.51. The summed E-state index contributed by atoms with van der Waals surface area (Å²) in [5, 5.41) is 9.94. The fourth-order valence-corrected chi connectivity index (χ4v) is 6.88. The maximum Gasteiger partial charge on any atom is 0.160 e. The second-order valence-corrected chi connectivity index (χ2v) is 12.5. The molecule has 8 rings (SSSR count). The van der Waals surface area contributed by atoms with Gasteiger partial charge in [-0.05, 0) is 93.0 Å². The highest BCUT2D eigenvalue weighted by Gasteiger charge is 2.37. The van der Waals surface area contributed by atoms with Gasteiger partial charge >= 0.3 is 0 Å². The molecule has 222 valence electrons. The van der Waals surface area contributed by atoms with Gasteiger partial charge in [-0.15, -0.1) is 0 Å². The molecule has 5 aromatic carbocycles. The van der Waals surface area contributed by atoms with Gasteiger partial charge in [-0.25, -0.2) is 9.97 Å². The predicted octanol–water partition coefficient (Wildman–Crippen LogP) is 10.4. The van der Waals surface area contributed by atoms with Crippen molar-refractivity contribution >= 4 is 0 Å². The Balaban J connectivity index is 1.33. The maximum absolute atomic E-state index is 9.94. The lowest BCUT2D eigenvalue weighted by Gasteiger charge is -2.23. The fraction of sp³-hybridized carbons (Fsp3) is 0.0698. The number of rotatable bonds is 5. The number of hydrogen-bond acceptors (Lipinski definition) is 4. The number of hydrogen-bond donors (Lipinski definition) is 0. The van der Waals surface area contributed by atoms with E-state index in [1.165, 1.54) is 11.1 Å². The SMILES string of the molecule is CC1(C)c2cc(-c3cc(-c4ccncc4)cc(-c4cc(-c5ccccc5)nc(-c5ccccc5)n4)c3)ccc2-c2cccc(C#N)c21. The summed E-state index contributed by atoms with van der Waals surface area (Å²) >= 11 is 0. The summed E-state index contributed by atoms with van der Waals surface area (Å²) in [7, 11) is 0. The van der Waals surface area contributed by atoms with Gasteiger partial charge in [0.05, 0.1) is 23.0 Å². The average molecular weight is 603 g/mol. The van der Waals surface area contributed by atoms with Crippen LogP contribution in [0.5, 0.6) is 0 Å². The Hall–Kier alpha value is -6.18. The molecule has 0 N–H and O–H groups in total. The van der Waals surface area contributed by atoms with E-state index in [9.17, 15) is 5.26 Å². The summed E-state index contributed by atoms with van der Waals surface area (Å²) in [4.78, 5) is 14.4. The van der Waals surface area contributed by atoms with Crippen LogP contribution in [-0.4, -0.2) is 15.0 Å². The Kier molecular flexibility index (Phi) is 6.82. The molecule has 4 heteroatoms. The molecule has 1 aliphatic rings. The van der Waals surface area contributed by atoms with E-state index >= 15 is 0 Å². The molecule has 0 unspecified atom stereocenters. The Bertz CT molecular complexity index is 2260. The van der Waals surface area contributed by atoms with Crippen molar-refractivity contribution in [2.75, 3.05) is 0 Å². The van der Waals surface area contributed by atoms with Crippen molar-refractivity contribution in [1.29, 1.82) is 5.26 Å². The molecule has 0 spiro atoms. The Labute approximate surface area is 274 Å². The van der Waals surface area contributed by atoms with Crippen molar-refractivity contribution in [1.82, 2.24) is 15.0 Å². The molecule has 1 aliphatic carbocycles. The number of pyridine rings is 1. The first-order valence-electron chi connectivity index (χ1n) is 15.7. The molecule has 2 aromatic heterocycles. The van der Waals surface area contributed by atoms with Crippen LogP contribution in [0.4, 0.5) is 0 Å². The van der Waals surface area contributed by atoms with Crippen LogP contribution in [0.15, 0.2) is 146 Å². The van der Waals surface area contributed by atoms with Gasteiger partial charge in [-0.2, -0.15) is 5.26 Å². The van der Waals surface area contributed by atoms with E-state index < -0.39 is 0 Å². The van der Waals surface area contributed by atoms with Gasteiger partial charge < -0.3 is 0 Å². The van der Waals surface area contributed by atoms with Gasteiger partial charge in [-0.3, -0.25) is 4.98 Å². The molecule has 4 nitrogen and oxygen atoms in total. The highest BCUT2D eigenvalue weighted by molar-refractivity contribution is 5.87. The molecule has 7 aromatic rings. The van der Waals surface area contributed by atoms with Gasteiger partial charge in [0.15, 0.2) is 5.82 Å². The van der Waals surface area contributed by atoms with Gasteiger partial charge in [0, 0.05) is 34.5 Å². The van der Waals surface area contributed by atoms with Crippen LogP contribution >= 0.6 is 0 Å². The smallest absolute Gasteiger partial charge is 0.160 e. The molecule has 0 radical (unpaired) electrons. The summed E-state index contributed by atoms with van der Waals surface area (Å²) in [6, 6.07) is 48.4. The van der Waals surface area contributed by atoms with E-state index in [0.29, 0.717) is 5.82 Å². The molecule has 0 aliphatic heterocycles. The van der Waals surface area contributed by atoms with Crippen LogP contribution < -0.4 is 0 Å². The molecule has 0 atom stereocenters. The van der Waals surface area contributed by atoms with Gasteiger partial charge in [0.25, 0.3) is 0 Å². The van der Waals surface area contributed by atoms with Crippen LogP contribution in [-0.2, 0) is 5.41 Å². The maximum atomic E-state index is 9.94. The van der Waals surface area contributed by atoms with Crippen molar-refractivity contribution in [3.8, 4) is 73.4 Å². The van der Waals surface area contributed by atoms with Crippen LogP contribution in [0.1, 0.15) is 30.5 Å². The Morgan fingerprint density at radius 1 is 0.511 bits per heavy atom. The Morgan fingerprint density at radius 3 is 1.85 bits per heavy atom. The minimum Gasteiger partial charge on any atom is -0.265 e. The molecule has 0 saturated carbocycles. The Morgan fingerprint density at radius 2 is 1.15 bits per heavy atom. The summed E-state index contributed by atoms with van der Waals surface area (Å²) < 4.78 is 0. The first-order chi connectivity index (χ1) is 23.0. The van der Waals surface area contributed by atoms with E-state index in [1.807, 2.05) is 73.1 Å². The second kappa shape index (κ2) is 11.3. The molecular weight excluding hydrogens is 573 g/mol. The summed E-state index contributed by atoms with van der Waals surface area (Å²) in [5.41, 5.74) is 14.2. The quantitative estimate of drug-likeness (QED) is 0.197. The van der Waals surface area contributed by atoms with Crippen LogP contribution in [0.2, 0.25) is 0 Å². The van der Waals surface area contributed by atoms with Crippen molar-refractivity contribution in [3.05, 3.63) is 163 Å². The highest BCUT2D eigenvalue weighted by atomic mass is 14.9. The summed E-state index contributed by atoms with van der Waals surface area (Å²) in [5.74, 6) is 0.683. The molecule has 0 bridgehead atoms. The van der Waals surface area contributed by atoms with E-state index in [0.717, 1.165) is 67.0 Å². The zero-order chi connectivity index (χ0) is 32.0. The first kappa shape index (κ1) is 28.3. The van der Waals surface area contributed by atoms with E-state index in [1.54, 1.807) is 0 Å². The third-order valence-electron chi connectivity index (χ3n) is 9.20. The summed E-state index contributed by atoms with van der Waals surface area (Å²) in [6.45, 7) is 4.44. The molecule has 2 heterocycles. The molecule has 0 saturated heterocycles. The number of fused-ring (bicyclic) bond motifs is 3. The lowest BCUT2D eigenvalue weighted by molar-refractivity contribution is 0.658. The van der Waals surface area contributed by atoms with E-state index in [2.05, 4.69) is 97.7 Å². The monoisotopic (exact) mass is 602 g/mol. The largest absolute Gasteiger partial charge is 0.265 e. The minimum atomic E-state index is -0.305. The average Bonchev–Trinajstić information content (AvgIpc) is 3.38. The van der Waals surface area contributed by atoms with Crippen LogP contribution in [0.3, 0.4) is 0 Å². The van der Waals surface area contributed by atoms with Crippen molar-refractivity contribution < 1.29 is 0 Å². The number of aromatic nitrogens is 3. The zero-order valence-corrected chi connectivity index (χ0v) is 26.1. The number of nitriles is 1. The molecule has 0 fully saturated rings. The second-order valence-electron chi connectivity index (χ2n) is 12.5. The lowest BCUT2D eigenvalue weighted by Crippen LogP contribution is -2.16.